The molecule has 9 heteroatoms. The van der Waals surface area contributed by atoms with Gasteiger partial charge in [-0.3, -0.25) is 0 Å². The van der Waals surface area contributed by atoms with Crippen LogP contribution < -0.4 is 9.64 Å². The maximum atomic E-state index is 14.0. The number of rotatable bonds is 5. The first-order chi connectivity index (χ1) is 14.7. The van der Waals surface area contributed by atoms with Crippen LogP contribution in [0.4, 0.5) is 10.1 Å². The molecule has 5 rings (SSSR count). The maximum Gasteiger partial charge on any atom is 0.249 e. The van der Waals surface area contributed by atoms with Gasteiger partial charge in [0.2, 0.25) is 11.7 Å². The van der Waals surface area contributed by atoms with Crippen LogP contribution in [0, 0.1) is 18.8 Å². The SMILES string of the molecule is COc1c(F)cccc1-c1noc([C@@H]2CCN2c2c(-n3nccn3)[c]ccc2C)n1. The normalized spacial score (nSPS) is 15.8. The number of ether oxygens (including phenoxy) is 1. The Bertz CT molecular complexity index is 1190. The Morgan fingerprint density at radius 3 is 2.80 bits per heavy atom. The lowest BCUT2D eigenvalue weighted by Crippen LogP contribution is -2.42. The Morgan fingerprint density at radius 1 is 1.23 bits per heavy atom. The summed E-state index contributed by atoms with van der Waals surface area (Å²) < 4.78 is 24.8. The van der Waals surface area contributed by atoms with Crippen LogP contribution in [0.2, 0.25) is 0 Å². The first-order valence-corrected chi connectivity index (χ1v) is 9.48. The molecule has 151 valence electrons. The zero-order valence-electron chi connectivity index (χ0n) is 16.4. The maximum absolute atomic E-state index is 14.0. The third-order valence-corrected chi connectivity index (χ3v) is 5.22. The summed E-state index contributed by atoms with van der Waals surface area (Å²) >= 11 is 0. The van der Waals surface area contributed by atoms with Gasteiger partial charge in [0.1, 0.15) is 11.7 Å². The third kappa shape index (κ3) is 2.90. The molecule has 3 heterocycles. The van der Waals surface area contributed by atoms with E-state index in [1.54, 1.807) is 29.3 Å². The van der Waals surface area contributed by atoms with Crippen molar-refractivity contribution >= 4 is 5.69 Å². The molecule has 0 unspecified atom stereocenters. The van der Waals surface area contributed by atoms with Gasteiger partial charge in [-0.1, -0.05) is 23.4 Å². The predicted molar refractivity (Wildman–Crippen MR) is 106 cm³/mol. The van der Waals surface area contributed by atoms with E-state index >= 15 is 0 Å². The number of nitrogens with zero attached hydrogens (tertiary/aromatic N) is 6. The predicted octanol–water partition coefficient (Wildman–Crippen LogP) is 3.53. The second-order valence-corrected chi connectivity index (χ2v) is 6.95. The van der Waals surface area contributed by atoms with E-state index in [9.17, 15) is 4.39 Å². The average molecular weight is 405 g/mol. The van der Waals surface area contributed by atoms with Gasteiger partial charge in [-0.25, -0.2) is 4.39 Å². The van der Waals surface area contributed by atoms with Crippen LogP contribution >= 0.6 is 0 Å². The van der Waals surface area contributed by atoms with Crippen molar-refractivity contribution in [3.8, 4) is 22.8 Å². The van der Waals surface area contributed by atoms with E-state index in [0.29, 0.717) is 17.3 Å². The lowest BCUT2D eigenvalue weighted by Gasteiger charge is -2.41. The molecule has 30 heavy (non-hydrogen) atoms. The average Bonchev–Trinajstić information content (AvgIpc) is 3.41. The molecule has 0 spiro atoms. The summed E-state index contributed by atoms with van der Waals surface area (Å²) in [4.78, 5) is 8.26. The number of benzene rings is 2. The van der Waals surface area contributed by atoms with Crippen molar-refractivity contribution in [2.75, 3.05) is 18.6 Å². The van der Waals surface area contributed by atoms with Crippen LogP contribution in [0.15, 0.2) is 47.2 Å². The van der Waals surface area contributed by atoms with E-state index in [-0.39, 0.29) is 11.8 Å². The fraction of sp³-hybridized carbons (Fsp3) is 0.238. The van der Waals surface area contributed by atoms with Crippen LogP contribution in [0.1, 0.15) is 23.9 Å². The first-order valence-electron chi connectivity index (χ1n) is 9.48. The van der Waals surface area contributed by atoms with Gasteiger partial charge in [-0.15, -0.1) is 4.80 Å². The van der Waals surface area contributed by atoms with E-state index in [2.05, 4.69) is 31.3 Å². The van der Waals surface area contributed by atoms with E-state index < -0.39 is 5.82 Å². The fourth-order valence-corrected chi connectivity index (χ4v) is 3.71. The molecule has 0 bridgehead atoms. The molecule has 2 aromatic carbocycles. The van der Waals surface area contributed by atoms with Crippen LogP contribution in [0.3, 0.4) is 0 Å². The smallest absolute Gasteiger partial charge is 0.249 e. The lowest BCUT2D eigenvalue weighted by molar-refractivity contribution is 0.309. The van der Waals surface area contributed by atoms with Gasteiger partial charge >= 0.3 is 0 Å². The Balaban J connectivity index is 1.50. The van der Waals surface area contributed by atoms with Gasteiger partial charge in [0.15, 0.2) is 11.6 Å². The molecule has 1 saturated heterocycles. The monoisotopic (exact) mass is 405 g/mol. The Labute approximate surface area is 171 Å². The standard InChI is InChI=1S/C21H18FN6O2/c1-13-5-3-8-16(28-23-10-11-24-28)18(13)27-12-9-17(27)21-25-20(26-30-21)14-6-4-7-15(22)19(14)29-2/h3-7,10-11,17H,9,12H2,1-2H3/t17-/m0/s1. The van der Waals surface area contributed by atoms with E-state index in [1.165, 1.54) is 13.2 Å². The van der Waals surface area contributed by atoms with Crippen molar-refractivity contribution in [3.05, 3.63) is 66.1 Å². The fourth-order valence-electron chi connectivity index (χ4n) is 3.71. The topological polar surface area (TPSA) is 82.1 Å². The highest BCUT2D eigenvalue weighted by atomic mass is 19.1. The molecule has 1 aliphatic heterocycles. The van der Waals surface area contributed by atoms with E-state index in [4.69, 9.17) is 9.26 Å². The summed E-state index contributed by atoms with van der Waals surface area (Å²) in [6, 6.07) is 11.6. The van der Waals surface area contributed by atoms with Gasteiger partial charge in [-0.2, -0.15) is 15.2 Å². The molecular formula is C21H18FN6O2. The number of para-hydroxylation sites is 1. The molecule has 0 amide bonds. The van der Waals surface area contributed by atoms with Crippen molar-refractivity contribution < 1.29 is 13.7 Å². The molecule has 1 fully saturated rings. The largest absolute Gasteiger partial charge is 0.493 e. The molecule has 4 aromatic rings. The van der Waals surface area contributed by atoms with E-state index in [1.807, 2.05) is 19.1 Å². The minimum atomic E-state index is -0.474. The summed E-state index contributed by atoms with van der Waals surface area (Å²) in [5.74, 6) is 0.373. The minimum absolute atomic E-state index is 0.0934. The molecule has 1 atom stereocenters. The van der Waals surface area contributed by atoms with Gasteiger partial charge in [0, 0.05) is 12.6 Å². The van der Waals surface area contributed by atoms with E-state index in [0.717, 1.165) is 29.9 Å². The second kappa shape index (κ2) is 7.25. The van der Waals surface area contributed by atoms with Crippen molar-refractivity contribution in [3.63, 3.8) is 0 Å². The van der Waals surface area contributed by atoms with Crippen LogP contribution in [-0.4, -0.2) is 38.8 Å². The summed E-state index contributed by atoms with van der Waals surface area (Å²) in [6.07, 6.45) is 4.11. The summed E-state index contributed by atoms with van der Waals surface area (Å²) in [7, 11) is 1.41. The van der Waals surface area contributed by atoms with Crippen LogP contribution in [-0.2, 0) is 0 Å². The zero-order chi connectivity index (χ0) is 20.7. The second-order valence-electron chi connectivity index (χ2n) is 6.95. The number of hydrogen-bond donors (Lipinski definition) is 0. The highest BCUT2D eigenvalue weighted by molar-refractivity contribution is 5.68. The van der Waals surface area contributed by atoms with Crippen molar-refractivity contribution in [1.29, 1.82) is 0 Å². The quantitative estimate of drug-likeness (QED) is 0.502. The number of anilines is 1. The van der Waals surface area contributed by atoms with Crippen molar-refractivity contribution in [1.82, 2.24) is 25.1 Å². The molecule has 1 aliphatic rings. The number of aromatic nitrogens is 5. The van der Waals surface area contributed by atoms with Crippen LogP contribution in [0.25, 0.3) is 17.1 Å². The highest BCUT2D eigenvalue weighted by Crippen LogP contribution is 2.42. The summed E-state index contributed by atoms with van der Waals surface area (Å²) in [6.45, 7) is 2.85. The van der Waals surface area contributed by atoms with Gasteiger partial charge < -0.3 is 14.2 Å². The highest BCUT2D eigenvalue weighted by Gasteiger charge is 2.37. The van der Waals surface area contributed by atoms with Gasteiger partial charge in [-0.05, 0) is 31.0 Å². The molecule has 8 nitrogen and oxygen atoms in total. The lowest BCUT2D eigenvalue weighted by atomic mass is 9.99. The summed E-state index contributed by atoms with van der Waals surface area (Å²) in [5, 5.41) is 12.6. The Kier molecular flexibility index (Phi) is 4.42. The minimum Gasteiger partial charge on any atom is -0.493 e. The molecule has 1 radical (unpaired) electrons. The third-order valence-electron chi connectivity index (χ3n) is 5.22. The van der Waals surface area contributed by atoms with Gasteiger partial charge in [0.25, 0.3) is 0 Å². The number of halogens is 1. The van der Waals surface area contributed by atoms with Gasteiger partial charge in [0.05, 0.1) is 30.8 Å². The number of methoxy groups -OCH3 is 1. The molecule has 2 aromatic heterocycles. The molecule has 0 aliphatic carbocycles. The number of aryl methyl sites for hydroxylation is 1. The molecule has 0 N–H and O–H groups in total. The van der Waals surface area contributed by atoms with Crippen LogP contribution in [0.5, 0.6) is 5.75 Å². The zero-order valence-corrected chi connectivity index (χ0v) is 16.4. The number of hydrogen-bond acceptors (Lipinski definition) is 7. The summed E-state index contributed by atoms with van der Waals surface area (Å²) in [5.41, 5.74) is 3.24. The molecule has 0 saturated carbocycles. The molecular weight excluding hydrogens is 387 g/mol. The van der Waals surface area contributed by atoms with Crippen molar-refractivity contribution in [2.24, 2.45) is 0 Å². The Morgan fingerprint density at radius 2 is 2.07 bits per heavy atom. The first kappa shape index (κ1) is 18.3. The Hall–Kier alpha value is -3.75. The van der Waals surface area contributed by atoms with Crippen molar-refractivity contribution in [2.45, 2.75) is 19.4 Å².